The first kappa shape index (κ1) is 14.7. The lowest BCUT2D eigenvalue weighted by molar-refractivity contribution is 0.0685. The first-order chi connectivity index (χ1) is 8.90. The zero-order chi connectivity index (χ0) is 14.2. The van der Waals surface area contributed by atoms with Crippen molar-refractivity contribution in [3.63, 3.8) is 0 Å². The smallest absolute Gasteiger partial charge is 0.256 e. The van der Waals surface area contributed by atoms with Crippen molar-refractivity contribution in [1.82, 2.24) is 4.90 Å². The Morgan fingerprint density at radius 3 is 2.74 bits per heavy atom. The number of amides is 1. The van der Waals surface area contributed by atoms with Crippen LogP contribution in [0.25, 0.3) is 0 Å². The van der Waals surface area contributed by atoms with Crippen molar-refractivity contribution < 1.29 is 13.6 Å². The molecule has 0 radical (unpaired) electrons. The van der Waals surface area contributed by atoms with E-state index < -0.39 is 17.5 Å². The van der Waals surface area contributed by atoms with E-state index in [0.29, 0.717) is 17.9 Å². The van der Waals surface area contributed by atoms with E-state index >= 15 is 0 Å². The lowest BCUT2D eigenvalue weighted by Gasteiger charge is -2.34. The normalized spacial score (nSPS) is 23.5. The third kappa shape index (κ3) is 3.08. The molecule has 0 spiro atoms. The molecule has 2 nitrogen and oxygen atoms in total. The molecule has 6 heteroatoms. The van der Waals surface area contributed by atoms with E-state index in [2.05, 4.69) is 15.9 Å². The van der Waals surface area contributed by atoms with Crippen molar-refractivity contribution in [2.45, 2.75) is 18.2 Å². The van der Waals surface area contributed by atoms with E-state index in [1.807, 2.05) is 6.92 Å². The van der Waals surface area contributed by atoms with Gasteiger partial charge in [-0.2, -0.15) is 0 Å². The zero-order valence-corrected chi connectivity index (χ0v) is 12.6. The van der Waals surface area contributed by atoms with E-state index in [4.69, 9.17) is 11.6 Å². The predicted molar refractivity (Wildman–Crippen MR) is 73.8 cm³/mol. The molecule has 0 bridgehead atoms. The number of hydrogen-bond donors (Lipinski definition) is 0. The molecule has 104 valence electrons. The molecule has 1 aromatic rings. The summed E-state index contributed by atoms with van der Waals surface area (Å²) in [6, 6.07) is 1.70. The number of halogens is 4. The molecule has 2 rings (SSSR count). The Balaban J connectivity index is 2.23. The van der Waals surface area contributed by atoms with Crippen LogP contribution in [0.1, 0.15) is 23.7 Å². The van der Waals surface area contributed by atoms with Crippen LogP contribution in [0.15, 0.2) is 12.1 Å². The van der Waals surface area contributed by atoms with Crippen LogP contribution in [-0.4, -0.2) is 28.7 Å². The standard InChI is InChI=1S/C13H13BrClF2NO/c1-7-6-18(3-2-9(7)14)13(19)8-4-12(17)10(15)5-11(8)16/h4-5,7,9H,2-3,6H2,1H3. The van der Waals surface area contributed by atoms with E-state index in [-0.39, 0.29) is 16.5 Å². The summed E-state index contributed by atoms with van der Waals surface area (Å²) in [4.78, 5) is 14.1. The summed E-state index contributed by atoms with van der Waals surface area (Å²) in [7, 11) is 0. The summed E-state index contributed by atoms with van der Waals surface area (Å²) in [6.45, 7) is 3.07. The van der Waals surface area contributed by atoms with E-state index in [1.54, 1.807) is 4.90 Å². The number of piperidine rings is 1. The van der Waals surface area contributed by atoms with Crippen LogP contribution in [0.4, 0.5) is 8.78 Å². The van der Waals surface area contributed by atoms with Crippen LogP contribution in [0.5, 0.6) is 0 Å². The van der Waals surface area contributed by atoms with Crippen LogP contribution in [0, 0.1) is 17.6 Å². The fourth-order valence-electron chi connectivity index (χ4n) is 2.16. The minimum absolute atomic E-state index is 0.262. The third-order valence-electron chi connectivity index (χ3n) is 3.33. The van der Waals surface area contributed by atoms with Gasteiger partial charge >= 0.3 is 0 Å². The molecular formula is C13H13BrClF2NO. The molecule has 0 aliphatic carbocycles. The molecule has 0 saturated carbocycles. The van der Waals surface area contributed by atoms with Crippen molar-refractivity contribution in [2.24, 2.45) is 5.92 Å². The highest BCUT2D eigenvalue weighted by Gasteiger charge is 2.29. The molecule has 19 heavy (non-hydrogen) atoms. The maximum atomic E-state index is 13.7. The summed E-state index contributed by atoms with van der Waals surface area (Å²) in [6.07, 6.45) is 0.796. The van der Waals surface area contributed by atoms with Gasteiger partial charge in [0, 0.05) is 17.9 Å². The molecule has 1 heterocycles. The summed E-state index contributed by atoms with van der Waals surface area (Å²) in [5, 5.41) is -0.318. The topological polar surface area (TPSA) is 20.3 Å². The molecule has 2 unspecified atom stereocenters. The molecule has 1 amide bonds. The van der Waals surface area contributed by atoms with Gasteiger partial charge in [-0.15, -0.1) is 0 Å². The third-order valence-corrected chi connectivity index (χ3v) is 4.98. The Morgan fingerprint density at radius 2 is 2.11 bits per heavy atom. The van der Waals surface area contributed by atoms with Crippen LogP contribution in [-0.2, 0) is 0 Å². The van der Waals surface area contributed by atoms with Crippen LogP contribution in [0.3, 0.4) is 0 Å². The first-order valence-corrected chi connectivity index (χ1v) is 7.27. The van der Waals surface area contributed by atoms with Crippen LogP contribution in [0.2, 0.25) is 5.02 Å². The molecule has 2 atom stereocenters. The van der Waals surface area contributed by atoms with Gasteiger partial charge in [0.15, 0.2) is 0 Å². The van der Waals surface area contributed by atoms with Gasteiger partial charge in [-0.1, -0.05) is 34.5 Å². The molecular weight excluding hydrogens is 340 g/mol. The maximum absolute atomic E-state index is 13.7. The maximum Gasteiger partial charge on any atom is 0.256 e. The van der Waals surface area contributed by atoms with Gasteiger partial charge in [0.1, 0.15) is 11.6 Å². The van der Waals surface area contributed by atoms with Gasteiger partial charge in [0.25, 0.3) is 5.91 Å². The second kappa shape index (κ2) is 5.75. The van der Waals surface area contributed by atoms with Crippen LogP contribution >= 0.6 is 27.5 Å². The second-order valence-corrected chi connectivity index (χ2v) is 6.36. The highest BCUT2D eigenvalue weighted by atomic mass is 79.9. The first-order valence-electron chi connectivity index (χ1n) is 5.98. The number of benzene rings is 1. The summed E-state index contributed by atoms with van der Waals surface area (Å²) in [5.41, 5.74) is -0.262. The summed E-state index contributed by atoms with van der Waals surface area (Å²) >= 11 is 9.01. The van der Waals surface area contributed by atoms with Gasteiger partial charge in [0.2, 0.25) is 0 Å². The molecule has 1 aromatic carbocycles. The second-order valence-electron chi connectivity index (χ2n) is 4.78. The average Bonchev–Trinajstić information content (AvgIpc) is 2.36. The van der Waals surface area contributed by atoms with Gasteiger partial charge in [-0.05, 0) is 24.5 Å². The molecule has 1 aliphatic heterocycles. The van der Waals surface area contributed by atoms with Crippen molar-refractivity contribution in [1.29, 1.82) is 0 Å². The number of alkyl halides is 1. The number of carbonyl (C=O) groups excluding carboxylic acids is 1. The minimum atomic E-state index is -0.787. The number of nitrogens with zero attached hydrogens (tertiary/aromatic N) is 1. The molecule has 0 N–H and O–H groups in total. The summed E-state index contributed by atoms with van der Waals surface area (Å²) in [5.74, 6) is -1.78. The van der Waals surface area contributed by atoms with Gasteiger partial charge in [-0.3, -0.25) is 4.79 Å². The Hall–Kier alpha value is -0.680. The fourth-order valence-corrected chi connectivity index (χ4v) is 2.68. The Bertz CT molecular complexity index is 512. The monoisotopic (exact) mass is 351 g/mol. The van der Waals surface area contributed by atoms with Gasteiger partial charge < -0.3 is 4.90 Å². The number of likely N-dealkylation sites (tertiary alicyclic amines) is 1. The fraction of sp³-hybridized carbons (Fsp3) is 0.462. The molecule has 1 aliphatic rings. The number of rotatable bonds is 1. The number of carbonyl (C=O) groups is 1. The quantitative estimate of drug-likeness (QED) is 0.555. The minimum Gasteiger partial charge on any atom is -0.338 e. The highest BCUT2D eigenvalue weighted by Crippen LogP contribution is 2.26. The van der Waals surface area contributed by atoms with Crippen molar-refractivity contribution in [3.8, 4) is 0 Å². The highest BCUT2D eigenvalue weighted by molar-refractivity contribution is 9.09. The van der Waals surface area contributed by atoms with Crippen LogP contribution < -0.4 is 0 Å². The number of hydrogen-bond acceptors (Lipinski definition) is 1. The van der Waals surface area contributed by atoms with Crippen molar-refractivity contribution in [3.05, 3.63) is 34.4 Å². The predicted octanol–water partition coefficient (Wildman–Crippen LogP) is 3.86. The Labute approximate surface area is 123 Å². The largest absolute Gasteiger partial charge is 0.338 e. The molecule has 1 saturated heterocycles. The van der Waals surface area contributed by atoms with Gasteiger partial charge in [0.05, 0.1) is 10.6 Å². The Morgan fingerprint density at radius 1 is 1.42 bits per heavy atom. The van der Waals surface area contributed by atoms with Crippen molar-refractivity contribution in [2.75, 3.05) is 13.1 Å². The molecule has 1 fully saturated rings. The Kier molecular flexibility index (Phi) is 4.46. The lowest BCUT2D eigenvalue weighted by Crippen LogP contribution is -2.43. The zero-order valence-electron chi connectivity index (χ0n) is 10.3. The van der Waals surface area contributed by atoms with E-state index in [9.17, 15) is 13.6 Å². The molecule has 0 aromatic heterocycles. The summed E-state index contributed by atoms with van der Waals surface area (Å²) < 4.78 is 27.1. The lowest BCUT2D eigenvalue weighted by atomic mass is 9.99. The average molecular weight is 353 g/mol. The van der Waals surface area contributed by atoms with E-state index in [0.717, 1.165) is 18.6 Å². The SMILES string of the molecule is CC1CN(C(=O)c2cc(F)c(Cl)cc2F)CCC1Br. The van der Waals surface area contributed by atoms with Crippen molar-refractivity contribution >= 4 is 33.4 Å². The van der Waals surface area contributed by atoms with Gasteiger partial charge in [-0.25, -0.2) is 8.78 Å². The van der Waals surface area contributed by atoms with E-state index in [1.165, 1.54) is 0 Å².